The molecule has 0 saturated heterocycles. The van der Waals surface area contributed by atoms with Crippen LogP contribution in [-0.4, -0.2) is 35.1 Å². The van der Waals surface area contributed by atoms with Crippen molar-refractivity contribution in [3.63, 3.8) is 0 Å². The van der Waals surface area contributed by atoms with E-state index in [9.17, 15) is 13.2 Å². The summed E-state index contributed by atoms with van der Waals surface area (Å²) in [6.07, 6.45) is 0.662. The first-order valence-corrected chi connectivity index (χ1v) is 12.0. The standard InChI is InChI=1S/C25H28N2O5S/c1-4-22(19-10-6-5-7-11-19)26-25(28)18-27(23-12-8-9-13-24(23)32-3)33(29,30)21-16-14-20(31-2)15-17-21/h5-17,22H,4,18H2,1-3H3,(H,26,28)/t22-/m0/s1. The molecular formula is C25H28N2O5S. The molecule has 174 valence electrons. The molecule has 0 radical (unpaired) electrons. The number of nitrogens with zero attached hydrogens (tertiary/aromatic N) is 1. The fourth-order valence-corrected chi connectivity index (χ4v) is 4.92. The topological polar surface area (TPSA) is 84.9 Å². The Morgan fingerprint density at radius 2 is 1.55 bits per heavy atom. The molecule has 7 nitrogen and oxygen atoms in total. The number of ether oxygens (including phenoxy) is 2. The molecule has 0 aromatic heterocycles. The third-order valence-electron chi connectivity index (χ3n) is 5.23. The van der Waals surface area contributed by atoms with Gasteiger partial charge in [-0.1, -0.05) is 49.4 Å². The number of carbonyl (C=O) groups is 1. The number of hydrogen-bond acceptors (Lipinski definition) is 5. The van der Waals surface area contributed by atoms with Gasteiger partial charge in [-0.15, -0.1) is 0 Å². The van der Waals surface area contributed by atoms with Crippen molar-refractivity contribution in [2.24, 2.45) is 0 Å². The number of sulfonamides is 1. The van der Waals surface area contributed by atoms with Gasteiger partial charge in [0.1, 0.15) is 18.0 Å². The summed E-state index contributed by atoms with van der Waals surface area (Å²) >= 11 is 0. The Bertz CT molecular complexity index is 1160. The number of para-hydroxylation sites is 2. The molecule has 33 heavy (non-hydrogen) atoms. The SMILES string of the molecule is CC[C@H](NC(=O)CN(c1ccccc1OC)S(=O)(=O)c1ccc(OC)cc1)c1ccccc1. The van der Waals surface area contributed by atoms with Crippen LogP contribution in [0.3, 0.4) is 0 Å². The summed E-state index contributed by atoms with van der Waals surface area (Å²) in [7, 11) is -1.11. The van der Waals surface area contributed by atoms with Gasteiger partial charge in [0.15, 0.2) is 0 Å². The third-order valence-corrected chi connectivity index (χ3v) is 7.01. The Kier molecular flexibility index (Phi) is 7.95. The minimum absolute atomic E-state index is 0.0390. The van der Waals surface area contributed by atoms with Gasteiger partial charge in [0, 0.05) is 0 Å². The molecule has 0 bridgehead atoms. The molecule has 0 aliphatic heterocycles. The number of methoxy groups -OCH3 is 2. The van der Waals surface area contributed by atoms with Crippen molar-refractivity contribution in [2.75, 3.05) is 25.1 Å². The van der Waals surface area contributed by atoms with Crippen LogP contribution in [0.4, 0.5) is 5.69 Å². The summed E-state index contributed by atoms with van der Waals surface area (Å²) in [4.78, 5) is 13.1. The van der Waals surface area contributed by atoms with Gasteiger partial charge in [-0.05, 0) is 48.4 Å². The fraction of sp³-hybridized carbons (Fsp3) is 0.240. The number of hydrogen-bond donors (Lipinski definition) is 1. The predicted octanol–water partition coefficient (Wildman–Crippen LogP) is 4.17. The summed E-state index contributed by atoms with van der Waals surface area (Å²) in [5.41, 5.74) is 1.23. The maximum Gasteiger partial charge on any atom is 0.264 e. The molecule has 0 saturated carbocycles. The first-order chi connectivity index (χ1) is 15.9. The van der Waals surface area contributed by atoms with Crippen LogP contribution in [0.15, 0.2) is 83.8 Å². The van der Waals surface area contributed by atoms with E-state index in [1.165, 1.54) is 26.4 Å². The average molecular weight is 469 g/mol. The Balaban J connectivity index is 1.96. The normalized spacial score (nSPS) is 12.0. The Morgan fingerprint density at radius 1 is 0.909 bits per heavy atom. The zero-order chi connectivity index (χ0) is 23.8. The predicted molar refractivity (Wildman–Crippen MR) is 128 cm³/mol. The second-order valence-corrected chi connectivity index (χ2v) is 9.16. The van der Waals surface area contributed by atoms with Gasteiger partial charge >= 0.3 is 0 Å². The lowest BCUT2D eigenvalue weighted by Gasteiger charge is -2.27. The van der Waals surface area contributed by atoms with Crippen LogP contribution >= 0.6 is 0 Å². The van der Waals surface area contributed by atoms with Crippen LogP contribution in [0.1, 0.15) is 24.9 Å². The average Bonchev–Trinajstić information content (AvgIpc) is 2.86. The molecule has 1 N–H and O–H groups in total. The molecule has 8 heteroatoms. The highest BCUT2D eigenvalue weighted by Crippen LogP contribution is 2.32. The zero-order valence-electron chi connectivity index (χ0n) is 18.9. The third kappa shape index (κ3) is 5.64. The molecular weight excluding hydrogens is 440 g/mol. The van der Waals surface area contributed by atoms with E-state index in [0.717, 1.165) is 9.87 Å². The summed E-state index contributed by atoms with van der Waals surface area (Å²) in [6.45, 7) is 1.56. The zero-order valence-corrected chi connectivity index (χ0v) is 19.7. The van der Waals surface area contributed by atoms with Crippen LogP contribution in [-0.2, 0) is 14.8 Å². The van der Waals surface area contributed by atoms with E-state index in [1.54, 1.807) is 36.4 Å². The molecule has 0 unspecified atom stereocenters. The number of carbonyl (C=O) groups excluding carboxylic acids is 1. The van der Waals surface area contributed by atoms with Gasteiger partial charge < -0.3 is 14.8 Å². The molecule has 1 amide bonds. The van der Waals surface area contributed by atoms with Crippen molar-refractivity contribution in [3.8, 4) is 11.5 Å². The van der Waals surface area contributed by atoms with Crippen LogP contribution in [0.5, 0.6) is 11.5 Å². The Labute approximate surface area is 195 Å². The molecule has 1 atom stereocenters. The summed E-state index contributed by atoms with van der Waals surface area (Å²) < 4.78 is 38.8. The number of rotatable bonds is 10. The van der Waals surface area contributed by atoms with E-state index in [0.29, 0.717) is 17.9 Å². The van der Waals surface area contributed by atoms with E-state index in [-0.39, 0.29) is 16.6 Å². The van der Waals surface area contributed by atoms with Crippen molar-refractivity contribution >= 4 is 21.6 Å². The summed E-state index contributed by atoms with van der Waals surface area (Å²) in [6, 6.07) is 22.1. The van der Waals surface area contributed by atoms with Crippen molar-refractivity contribution in [1.82, 2.24) is 5.32 Å². The number of nitrogens with one attached hydrogen (secondary N) is 1. The lowest BCUT2D eigenvalue weighted by atomic mass is 10.0. The minimum Gasteiger partial charge on any atom is -0.497 e. The Hall–Kier alpha value is -3.52. The van der Waals surface area contributed by atoms with E-state index < -0.39 is 22.5 Å². The van der Waals surface area contributed by atoms with Crippen LogP contribution < -0.4 is 19.1 Å². The van der Waals surface area contributed by atoms with Crippen molar-refractivity contribution < 1.29 is 22.7 Å². The van der Waals surface area contributed by atoms with Crippen LogP contribution in [0.25, 0.3) is 0 Å². The largest absolute Gasteiger partial charge is 0.497 e. The summed E-state index contributed by atoms with van der Waals surface area (Å²) in [5.74, 6) is 0.454. The fourth-order valence-electron chi connectivity index (χ4n) is 3.49. The maximum atomic E-state index is 13.6. The van der Waals surface area contributed by atoms with Crippen molar-refractivity contribution in [3.05, 3.63) is 84.4 Å². The molecule has 3 rings (SSSR count). The number of amides is 1. The molecule has 0 aliphatic carbocycles. The van der Waals surface area contributed by atoms with Gasteiger partial charge in [-0.25, -0.2) is 8.42 Å². The second kappa shape index (κ2) is 10.9. The second-order valence-electron chi connectivity index (χ2n) is 7.30. The highest BCUT2D eigenvalue weighted by atomic mass is 32.2. The van der Waals surface area contributed by atoms with Crippen molar-refractivity contribution in [2.45, 2.75) is 24.3 Å². The van der Waals surface area contributed by atoms with Crippen molar-refractivity contribution in [1.29, 1.82) is 0 Å². The van der Waals surface area contributed by atoms with Gasteiger partial charge in [-0.2, -0.15) is 0 Å². The van der Waals surface area contributed by atoms with Crippen LogP contribution in [0, 0.1) is 0 Å². The first-order valence-electron chi connectivity index (χ1n) is 10.5. The number of benzene rings is 3. The molecule has 3 aromatic rings. The first kappa shape index (κ1) is 24.1. The van der Waals surface area contributed by atoms with Gasteiger partial charge in [0.2, 0.25) is 5.91 Å². The monoisotopic (exact) mass is 468 g/mol. The quantitative estimate of drug-likeness (QED) is 0.483. The van der Waals surface area contributed by atoms with Gasteiger partial charge in [0.05, 0.1) is 30.8 Å². The highest BCUT2D eigenvalue weighted by Gasteiger charge is 2.30. The van der Waals surface area contributed by atoms with Gasteiger partial charge in [0.25, 0.3) is 10.0 Å². The molecule has 3 aromatic carbocycles. The molecule has 0 fully saturated rings. The van der Waals surface area contributed by atoms with E-state index in [4.69, 9.17) is 9.47 Å². The molecule has 0 aliphatic rings. The Morgan fingerprint density at radius 3 is 2.15 bits per heavy atom. The van der Waals surface area contributed by atoms with Gasteiger partial charge in [-0.3, -0.25) is 9.10 Å². The van der Waals surface area contributed by atoms with E-state index >= 15 is 0 Å². The lowest BCUT2D eigenvalue weighted by molar-refractivity contribution is -0.120. The van der Waals surface area contributed by atoms with E-state index in [2.05, 4.69) is 5.32 Å². The maximum absolute atomic E-state index is 13.6. The summed E-state index contributed by atoms with van der Waals surface area (Å²) in [5, 5.41) is 2.96. The highest BCUT2D eigenvalue weighted by molar-refractivity contribution is 7.92. The molecule has 0 heterocycles. The number of anilines is 1. The molecule has 0 spiro atoms. The lowest BCUT2D eigenvalue weighted by Crippen LogP contribution is -2.42. The smallest absolute Gasteiger partial charge is 0.264 e. The van der Waals surface area contributed by atoms with E-state index in [1.807, 2.05) is 37.3 Å². The van der Waals surface area contributed by atoms with Crippen LogP contribution in [0.2, 0.25) is 0 Å². The minimum atomic E-state index is -4.08.